The summed E-state index contributed by atoms with van der Waals surface area (Å²) < 4.78 is 5.99. The van der Waals surface area contributed by atoms with Crippen molar-refractivity contribution in [3.05, 3.63) is 28.2 Å². The zero-order valence-corrected chi connectivity index (χ0v) is 11.1. The molecule has 0 aliphatic carbocycles. The number of ether oxygens (including phenoxy) is 1. The minimum atomic E-state index is -0.310. The summed E-state index contributed by atoms with van der Waals surface area (Å²) in [5.41, 5.74) is 1.89. The molecule has 1 aliphatic heterocycles. The van der Waals surface area contributed by atoms with Crippen LogP contribution in [-0.4, -0.2) is 36.9 Å². The van der Waals surface area contributed by atoms with Gasteiger partial charge in [-0.1, -0.05) is 6.07 Å². The lowest BCUT2D eigenvalue weighted by molar-refractivity contribution is -0.128. The number of hydrogen-bond acceptors (Lipinski definition) is 3. The van der Waals surface area contributed by atoms with E-state index in [0.29, 0.717) is 6.61 Å². The Morgan fingerprint density at radius 2 is 2.35 bits per heavy atom. The van der Waals surface area contributed by atoms with Crippen LogP contribution in [0.3, 0.4) is 0 Å². The number of aliphatic hydroxyl groups excluding tert-OH is 1. The zero-order valence-electron chi connectivity index (χ0n) is 9.52. The fourth-order valence-electron chi connectivity index (χ4n) is 1.90. The van der Waals surface area contributed by atoms with Gasteiger partial charge in [0.25, 0.3) is 5.91 Å². The summed E-state index contributed by atoms with van der Waals surface area (Å²) in [6.45, 7) is 2.31. The Balaban J connectivity index is 2.38. The average Bonchev–Trinajstić information content (AvgIpc) is 2.30. The molecule has 0 spiro atoms. The fraction of sp³-hybridized carbons (Fsp3) is 0.417. The maximum absolute atomic E-state index is 11.9. The number of morpholine rings is 1. The highest BCUT2D eigenvalue weighted by atomic mass is 79.9. The lowest BCUT2D eigenvalue weighted by atomic mass is 10.1. The van der Waals surface area contributed by atoms with Crippen LogP contribution < -0.4 is 4.90 Å². The molecule has 1 aromatic rings. The number of halogens is 1. The Morgan fingerprint density at radius 3 is 3.00 bits per heavy atom. The van der Waals surface area contributed by atoms with Gasteiger partial charge in [0, 0.05) is 4.47 Å². The fourth-order valence-corrected chi connectivity index (χ4v) is 2.59. The van der Waals surface area contributed by atoms with Gasteiger partial charge in [-0.25, -0.2) is 0 Å². The summed E-state index contributed by atoms with van der Waals surface area (Å²) in [6.07, 6.45) is 0. The van der Waals surface area contributed by atoms with Crippen LogP contribution in [0.15, 0.2) is 22.7 Å². The third-order valence-electron chi connectivity index (χ3n) is 2.74. The van der Waals surface area contributed by atoms with Crippen molar-refractivity contribution in [1.29, 1.82) is 0 Å². The molecule has 4 nitrogen and oxygen atoms in total. The first-order valence-electron chi connectivity index (χ1n) is 5.40. The summed E-state index contributed by atoms with van der Waals surface area (Å²) in [4.78, 5) is 13.5. The summed E-state index contributed by atoms with van der Waals surface area (Å²) in [6, 6.07) is 5.46. The van der Waals surface area contributed by atoms with Gasteiger partial charge in [0.15, 0.2) is 0 Å². The predicted octanol–water partition coefficient (Wildman–Crippen LogP) is 1.48. The SMILES string of the molecule is Cc1ccc(N2C(=O)COCC2CO)c(Br)c1. The quantitative estimate of drug-likeness (QED) is 0.900. The summed E-state index contributed by atoms with van der Waals surface area (Å²) >= 11 is 3.45. The Kier molecular flexibility index (Phi) is 3.81. The number of rotatable bonds is 2. The minimum absolute atomic E-state index is 0.0663. The van der Waals surface area contributed by atoms with E-state index in [-0.39, 0.29) is 25.2 Å². The van der Waals surface area contributed by atoms with Gasteiger partial charge in [0.1, 0.15) is 6.61 Å². The molecule has 1 unspecified atom stereocenters. The highest BCUT2D eigenvalue weighted by molar-refractivity contribution is 9.10. The van der Waals surface area contributed by atoms with Crippen LogP contribution in [-0.2, 0) is 9.53 Å². The van der Waals surface area contributed by atoms with Crippen molar-refractivity contribution in [2.45, 2.75) is 13.0 Å². The van der Waals surface area contributed by atoms with Gasteiger partial charge in [-0.05, 0) is 40.5 Å². The number of amides is 1. The van der Waals surface area contributed by atoms with Crippen molar-refractivity contribution in [1.82, 2.24) is 0 Å². The molecule has 1 heterocycles. The number of carbonyl (C=O) groups excluding carboxylic acids is 1. The largest absolute Gasteiger partial charge is 0.394 e. The number of aliphatic hydroxyl groups is 1. The van der Waals surface area contributed by atoms with Crippen molar-refractivity contribution in [3.63, 3.8) is 0 Å². The monoisotopic (exact) mass is 299 g/mol. The van der Waals surface area contributed by atoms with E-state index in [1.807, 2.05) is 25.1 Å². The highest BCUT2D eigenvalue weighted by Gasteiger charge is 2.30. The molecular weight excluding hydrogens is 286 g/mol. The number of aryl methyl sites for hydroxylation is 1. The molecule has 1 fully saturated rings. The molecule has 2 rings (SSSR count). The third kappa shape index (κ3) is 2.51. The number of hydrogen-bond donors (Lipinski definition) is 1. The number of benzene rings is 1. The molecule has 1 amide bonds. The molecule has 1 aliphatic rings. The number of carbonyl (C=O) groups is 1. The number of nitrogens with zero attached hydrogens (tertiary/aromatic N) is 1. The second-order valence-corrected chi connectivity index (χ2v) is 4.92. The van der Waals surface area contributed by atoms with E-state index >= 15 is 0 Å². The van der Waals surface area contributed by atoms with Gasteiger partial charge in [-0.15, -0.1) is 0 Å². The van der Waals surface area contributed by atoms with E-state index in [1.54, 1.807) is 4.90 Å². The van der Waals surface area contributed by atoms with Gasteiger partial charge in [-0.2, -0.15) is 0 Å². The van der Waals surface area contributed by atoms with Gasteiger partial charge in [0.2, 0.25) is 0 Å². The summed E-state index contributed by atoms with van der Waals surface area (Å²) in [5.74, 6) is -0.125. The predicted molar refractivity (Wildman–Crippen MR) is 68.1 cm³/mol. The van der Waals surface area contributed by atoms with Crippen LogP contribution in [0.2, 0.25) is 0 Å². The van der Waals surface area contributed by atoms with Crippen molar-refractivity contribution < 1.29 is 14.6 Å². The Labute approximate surface area is 108 Å². The number of anilines is 1. The Morgan fingerprint density at radius 1 is 1.59 bits per heavy atom. The van der Waals surface area contributed by atoms with Crippen LogP contribution in [0, 0.1) is 6.92 Å². The van der Waals surface area contributed by atoms with Crippen molar-refractivity contribution >= 4 is 27.5 Å². The minimum Gasteiger partial charge on any atom is -0.394 e. The van der Waals surface area contributed by atoms with Crippen LogP contribution in [0.25, 0.3) is 0 Å². The molecule has 1 saturated heterocycles. The van der Waals surface area contributed by atoms with Crippen LogP contribution in [0.1, 0.15) is 5.56 Å². The van der Waals surface area contributed by atoms with Crippen molar-refractivity contribution in [2.24, 2.45) is 0 Å². The maximum atomic E-state index is 11.9. The van der Waals surface area contributed by atoms with E-state index in [2.05, 4.69) is 15.9 Å². The molecule has 0 bridgehead atoms. The molecule has 0 aromatic heterocycles. The van der Waals surface area contributed by atoms with E-state index in [1.165, 1.54) is 0 Å². The lowest BCUT2D eigenvalue weighted by Crippen LogP contribution is -2.51. The molecule has 17 heavy (non-hydrogen) atoms. The topological polar surface area (TPSA) is 49.8 Å². The Bertz CT molecular complexity index is 436. The first-order valence-corrected chi connectivity index (χ1v) is 6.19. The molecule has 0 radical (unpaired) electrons. The van der Waals surface area contributed by atoms with E-state index < -0.39 is 0 Å². The molecule has 0 saturated carbocycles. The van der Waals surface area contributed by atoms with Gasteiger partial charge >= 0.3 is 0 Å². The van der Waals surface area contributed by atoms with Crippen LogP contribution in [0.4, 0.5) is 5.69 Å². The van der Waals surface area contributed by atoms with Gasteiger partial charge < -0.3 is 14.7 Å². The molecule has 5 heteroatoms. The van der Waals surface area contributed by atoms with Crippen LogP contribution in [0.5, 0.6) is 0 Å². The third-order valence-corrected chi connectivity index (χ3v) is 3.38. The average molecular weight is 300 g/mol. The molecule has 1 atom stereocenters. The van der Waals surface area contributed by atoms with E-state index in [4.69, 9.17) is 4.74 Å². The van der Waals surface area contributed by atoms with E-state index in [9.17, 15) is 9.90 Å². The van der Waals surface area contributed by atoms with Crippen LogP contribution >= 0.6 is 15.9 Å². The molecule has 92 valence electrons. The molecule has 1 aromatic carbocycles. The smallest absolute Gasteiger partial charge is 0.253 e. The van der Waals surface area contributed by atoms with Gasteiger partial charge in [-0.3, -0.25) is 4.79 Å². The standard InChI is InChI=1S/C12H14BrNO3/c1-8-2-3-11(10(13)4-8)14-9(5-15)6-17-7-12(14)16/h2-4,9,15H,5-7H2,1H3. The molecule has 1 N–H and O–H groups in total. The first kappa shape index (κ1) is 12.5. The molecular formula is C12H14BrNO3. The zero-order chi connectivity index (χ0) is 12.4. The van der Waals surface area contributed by atoms with Crippen molar-refractivity contribution in [3.8, 4) is 0 Å². The van der Waals surface area contributed by atoms with Crippen molar-refractivity contribution in [2.75, 3.05) is 24.7 Å². The normalized spacial score (nSPS) is 20.8. The summed E-state index contributed by atoms with van der Waals surface area (Å²) in [5, 5.41) is 9.30. The summed E-state index contributed by atoms with van der Waals surface area (Å²) in [7, 11) is 0. The van der Waals surface area contributed by atoms with E-state index in [0.717, 1.165) is 15.7 Å². The maximum Gasteiger partial charge on any atom is 0.253 e. The second kappa shape index (κ2) is 5.16. The Hall–Kier alpha value is -0.910. The second-order valence-electron chi connectivity index (χ2n) is 4.07. The van der Waals surface area contributed by atoms with Gasteiger partial charge in [0.05, 0.1) is 24.9 Å². The lowest BCUT2D eigenvalue weighted by Gasteiger charge is -2.35. The highest BCUT2D eigenvalue weighted by Crippen LogP contribution is 2.30. The first-order chi connectivity index (χ1) is 8.13.